The summed E-state index contributed by atoms with van der Waals surface area (Å²) in [6, 6.07) is 2.85. The quantitative estimate of drug-likeness (QED) is 0.635. The molecule has 1 fully saturated rings. The largest absolute Gasteiger partial charge is 0.306 e. The lowest BCUT2D eigenvalue weighted by atomic mass is 10.1. The Hall–Kier alpha value is -2.07. The van der Waals surface area contributed by atoms with E-state index in [0.29, 0.717) is 0 Å². The van der Waals surface area contributed by atoms with Gasteiger partial charge >= 0.3 is 0 Å². The minimum absolute atomic E-state index is 0.0122. The number of rotatable bonds is 4. The summed E-state index contributed by atoms with van der Waals surface area (Å²) >= 11 is 0. The number of benzene rings is 1. The zero-order valence-corrected chi connectivity index (χ0v) is 11.5. The molecule has 114 valence electrons. The summed E-state index contributed by atoms with van der Waals surface area (Å²) in [6.45, 7) is -0.0122. The van der Waals surface area contributed by atoms with Crippen molar-refractivity contribution in [2.45, 2.75) is 6.42 Å². The van der Waals surface area contributed by atoms with Gasteiger partial charge in [-0.05, 0) is 12.1 Å². The molecule has 21 heavy (non-hydrogen) atoms. The molecule has 0 spiro atoms. The molecule has 0 aliphatic carbocycles. The van der Waals surface area contributed by atoms with Gasteiger partial charge < -0.3 is 4.90 Å². The third-order valence-corrected chi connectivity index (χ3v) is 4.03. The molecular formula is C11H12FN3O5S. The van der Waals surface area contributed by atoms with Gasteiger partial charge in [0.15, 0.2) is 0 Å². The van der Waals surface area contributed by atoms with E-state index >= 15 is 0 Å². The van der Waals surface area contributed by atoms with Crippen LogP contribution in [-0.2, 0) is 14.8 Å². The smallest absolute Gasteiger partial charge is 0.295 e. The Morgan fingerprint density at radius 2 is 2.14 bits per heavy atom. The number of nitro groups is 1. The summed E-state index contributed by atoms with van der Waals surface area (Å²) in [7, 11) is -3.74. The third-order valence-electron chi connectivity index (χ3n) is 3.10. The van der Waals surface area contributed by atoms with E-state index in [1.54, 1.807) is 0 Å². The molecule has 1 atom stereocenters. The molecule has 1 saturated heterocycles. The standard InChI is InChI=1S/C11H12FN3O5S/c12-8-1-2-9(10(4-8)15(17)18)14-5-7(3-11(14)16)6-21(13,19)20/h1-2,4,7H,3,5-6H2,(H2,13,19,20). The first kappa shape index (κ1) is 15.3. The third kappa shape index (κ3) is 3.52. The summed E-state index contributed by atoms with van der Waals surface area (Å²) < 4.78 is 35.2. The van der Waals surface area contributed by atoms with Crippen LogP contribution >= 0.6 is 0 Å². The molecule has 2 rings (SSSR count). The van der Waals surface area contributed by atoms with Crippen LogP contribution in [0.1, 0.15) is 6.42 Å². The number of halogens is 1. The molecule has 1 aromatic rings. The highest BCUT2D eigenvalue weighted by molar-refractivity contribution is 7.89. The van der Waals surface area contributed by atoms with E-state index in [4.69, 9.17) is 5.14 Å². The maximum Gasteiger partial charge on any atom is 0.295 e. The summed E-state index contributed by atoms with van der Waals surface area (Å²) in [6.07, 6.45) is -0.0784. The van der Waals surface area contributed by atoms with Crippen molar-refractivity contribution in [2.24, 2.45) is 11.1 Å². The van der Waals surface area contributed by atoms with Crippen LogP contribution in [0.15, 0.2) is 18.2 Å². The second kappa shape index (κ2) is 5.37. The highest BCUT2D eigenvalue weighted by Gasteiger charge is 2.35. The van der Waals surface area contributed by atoms with E-state index in [0.717, 1.165) is 23.1 Å². The lowest BCUT2D eigenvalue weighted by Gasteiger charge is -2.16. The SMILES string of the molecule is NS(=O)(=O)CC1CC(=O)N(c2ccc(F)cc2[N+](=O)[O-])C1. The summed E-state index contributed by atoms with van der Waals surface area (Å²) in [5.74, 6) is -2.18. The molecule has 1 aliphatic rings. The lowest BCUT2D eigenvalue weighted by molar-refractivity contribution is -0.384. The molecule has 0 aromatic heterocycles. The Bertz CT molecular complexity index is 706. The fourth-order valence-electron chi connectivity index (χ4n) is 2.33. The number of hydrogen-bond acceptors (Lipinski definition) is 5. The van der Waals surface area contributed by atoms with Crippen LogP contribution in [-0.4, -0.2) is 31.5 Å². The lowest BCUT2D eigenvalue weighted by Crippen LogP contribution is -2.28. The highest BCUT2D eigenvalue weighted by Crippen LogP contribution is 2.33. The number of hydrogen-bond donors (Lipinski definition) is 1. The molecule has 10 heteroatoms. The number of anilines is 1. The Labute approximate surface area is 119 Å². The van der Waals surface area contributed by atoms with Gasteiger partial charge in [-0.3, -0.25) is 14.9 Å². The van der Waals surface area contributed by atoms with Crippen LogP contribution in [0.5, 0.6) is 0 Å². The molecule has 0 radical (unpaired) electrons. The van der Waals surface area contributed by atoms with Gasteiger partial charge in [-0.1, -0.05) is 0 Å². The van der Waals surface area contributed by atoms with Gasteiger partial charge in [0.2, 0.25) is 15.9 Å². The van der Waals surface area contributed by atoms with Gasteiger partial charge in [-0.2, -0.15) is 0 Å². The van der Waals surface area contributed by atoms with Crippen molar-refractivity contribution in [2.75, 3.05) is 17.2 Å². The topological polar surface area (TPSA) is 124 Å². The molecule has 1 amide bonds. The van der Waals surface area contributed by atoms with Crippen molar-refractivity contribution in [1.82, 2.24) is 0 Å². The number of amides is 1. The van der Waals surface area contributed by atoms with Crippen LogP contribution in [0.3, 0.4) is 0 Å². The zero-order chi connectivity index (χ0) is 15.8. The van der Waals surface area contributed by atoms with Gasteiger partial charge in [0.1, 0.15) is 11.5 Å². The predicted molar refractivity (Wildman–Crippen MR) is 71.5 cm³/mol. The Morgan fingerprint density at radius 3 is 2.71 bits per heavy atom. The molecule has 0 bridgehead atoms. The Kier molecular flexibility index (Phi) is 3.92. The molecule has 8 nitrogen and oxygen atoms in total. The number of carbonyl (C=O) groups is 1. The maximum absolute atomic E-state index is 13.1. The molecule has 0 saturated carbocycles. The minimum atomic E-state index is -3.74. The van der Waals surface area contributed by atoms with Gasteiger partial charge in [-0.15, -0.1) is 0 Å². The van der Waals surface area contributed by atoms with Gasteiger partial charge in [0.05, 0.1) is 16.7 Å². The van der Waals surface area contributed by atoms with Crippen LogP contribution in [0.25, 0.3) is 0 Å². The van der Waals surface area contributed by atoms with Crippen molar-refractivity contribution in [3.8, 4) is 0 Å². The van der Waals surface area contributed by atoms with Crippen molar-refractivity contribution < 1.29 is 22.5 Å². The van der Waals surface area contributed by atoms with Crippen LogP contribution < -0.4 is 10.0 Å². The summed E-state index contributed by atoms with van der Waals surface area (Å²) in [5.41, 5.74) is -0.595. The Balaban J connectivity index is 2.31. The first-order chi connectivity index (χ1) is 9.67. The number of nitro benzene ring substituents is 1. The highest BCUT2D eigenvalue weighted by atomic mass is 32.2. The summed E-state index contributed by atoms with van der Waals surface area (Å²) in [4.78, 5) is 23.1. The van der Waals surface area contributed by atoms with Crippen LogP contribution in [0, 0.1) is 21.8 Å². The number of nitrogens with zero attached hydrogens (tertiary/aromatic N) is 2. The number of nitrogens with two attached hydrogens (primary N) is 1. The second-order valence-corrected chi connectivity index (χ2v) is 6.45. The first-order valence-electron chi connectivity index (χ1n) is 5.92. The van der Waals surface area contributed by atoms with Gasteiger partial charge in [0, 0.05) is 18.9 Å². The van der Waals surface area contributed by atoms with Crippen molar-refractivity contribution in [3.05, 3.63) is 34.1 Å². The van der Waals surface area contributed by atoms with Crippen LogP contribution in [0.2, 0.25) is 0 Å². The van der Waals surface area contributed by atoms with E-state index in [1.807, 2.05) is 0 Å². The maximum atomic E-state index is 13.1. The second-order valence-electron chi connectivity index (χ2n) is 4.79. The van der Waals surface area contributed by atoms with Gasteiger partial charge in [0.25, 0.3) is 5.69 Å². The average molecular weight is 317 g/mol. The fraction of sp³-hybridized carbons (Fsp3) is 0.364. The van der Waals surface area contributed by atoms with E-state index in [9.17, 15) is 27.7 Å². The molecule has 1 heterocycles. The van der Waals surface area contributed by atoms with E-state index < -0.39 is 38.3 Å². The number of primary sulfonamides is 1. The van der Waals surface area contributed by atoms with Crippen molar-refractivity contribution in [3.63, 3.8) is 0 Å². The average Bonchev–Trinajstić information content (AvgIpc) is 2.67. The Morgan fingerprint density at radius 1 is 1.48 bits per heavy atom. The molecular weight excluding hydrogens is 305 g/mol. The number of carbonyl (C=O) groups excluding carboxylic acids is 1. The zero-order valence-electron chi connectivity index (χ0n) is 10.7. The van der Waals surface area contributed by atoms with E-state index in [1.165, 1.54) is 0 Å². The molecule has 1 aromatic carbocycles. The predicted octanol–water partition coefficient (Wildman–Crippen LogP) is 0.375. The molecule has 1 aliphatic heterocycles. The summed E-state index contributed by atoms with van der Waals surface area (Å²) in [5, 5.41) is 15.9. The van der Waals surface area contributed by atoms with Gasteiger partial charge in [-0.25, -0.2) is 17.9 Å². The molecule has 2 N–H and O–H groups in total. The number of sulfonamides is 1. The monoisotopic (exact) mass is 317 g/mol. The minimum Gasteiger partial charge on any atom is -0.306 e. The van der Waals surface area contributed by atoms with E-state index in [-0.39, 0.29) is 24.4 Å². The first-order valence-corrected chi connectivity index (χ1v) is 7.63. The van der Waals surface area contributed by atoms with Crippen molar-refractivity contribution >= 4 is 27.3 Å². The normalized spacial score (nSPS) is 19.0. The fourth-order valence-corrected chi connectivity index (χ4v) is 3.21. The molecule has 1 unspecified atom stereocenters. The van der Waals surface area contributed by atoms with E-state index in [2.05, 4.69) is 0 Å². The van der Waals surface area contributed by atoms with Crippen LogP contribution in [0.4, 0.5) is 15.8 Å². The van der Waals surface area contributed by atoms with Crippen molar-refractivity contribution in [1.29, 1.82) is 0 Å².